The van der Waals surface area contributed by atoms with Crippen LogP contribution in [0, 0.1) is 0 Å². The van der Waals surface area contributed by atoms with Crippen LogP contribution in [0.3, 0.4) is 0 Å². The molecule has 0 N–H and O–H groups in total. The van der Waals surface area contributed by atoms with Gasteiger partial charge in [0, 0.05) is 30.7 Å². The van der Waals surface area contributed by atoms with Gasteiger partial charge in [0.25, 0.3) is 0 Å². The van der Waals surface area contributed by atoms with E-state index >= 15 is 0 Å². The van der Waals surface area contributed by atoms with Crippen LogP contribution in [0.1, 0.15) is 37.3 Å². The molecule has 0 aromatic carbocycles. The van der Waals surface area contributed by atoms with Gasteiger partial charge in [0.05, 0.1) is 0 Å². The first-order chi connectivity index (χ1) is 6.67. The minimum Gasteiger partial charge on any atom is -0.261 e. The molecule has 3 heteroatoms. The summed E-state index contributed by atoms with van der Waals surface area (Å²) in [5, 5.41) is 0. The lowest BCUT2D eigenvalue weighted by Crippen LogP contribution is -2.25. The summed E-state index contributed by atoms with van der Waals surface area (Å²) in [7, 11) is 0. The van der Waals surface area contributed by atoms with E-state index in [-0.39, 0.29) is 18.8 Å². The Morgan fingerprint density at radius 2 is 2.21 bits per heavy atom. The average Bonchev–Trinajstić information content (AvgIpc) is 2.18. The molecule has 0 radical (unpaired) electrons. The van der Waals surface area contributed by atoms with Crippen molar-refractivity contribution in [2.24, 2.45) is 0 Å². The normalized spacial score (nSPS) is 26.0. The summed E-state index contributed by atoms with van der Waals surface area (Å²) in [6, 6.07) is 5.51. The summed E-state index contributed by atoms with van der Waals surface area (Å²) < 4.78 is 26.2. The van der Waals surface area contributed by atoms with E-state index in [1.165, 1.54) is 0 Å². The van der Waals surface area contributed by atoms with Crippen LogP contribution in [0.2, 0.25) is 0 Å². The van der Waals surface area contributed by atoms with Crippen molar-refractivity contribution in [3.05, 3.63) is 30.1 Å². The van der Waals surface area contributed by atoms with E-state index in [9.17, 15) is 8.78 Å². The van der Waals surface area contributed by atoms with Gasteiger partial charge in [0.15, 0.2) is 0 Å². The van der Waals surface area contributed by atoms with Gasteiger partial charge in [-0.15, -0.1) is 0 Å². The lowest BCUT2D eigenvalue weighted by Gasteiger charge is -2.28. The lowest BCUT2D eigenvalue weighted by molar-refractivity contribution is -0.0412. The van der Waals surface area contributed by atoms with Gasteiger partial charge < -0.3 is 0 Å². The van der Waals surface area contributed by atoms with E-state index in [2.05, 4.69) is 4.98 Å². The van der Waals surface area contributed by atoms with Crippen LogP contribution in [-0.2, 0) is 0 Å². The number of rotatable bonds is 1. The molecule has 14 heavy (non-hydrogen) atoms. The highest BCUT2D eigenvalue weighted by Crippen LogP contribution is 2.40. The van der Waals surface area contributed by atoms with E-state index in [1.54, 1.807) is 6.20 Å². The fourth-order valence-electron chi connectivity index (χ4n) is 2.04. The zero-order chi connectivity index (χ0) is 10.0. The van der Waals surface area contributed by atoms with Gasteiger partial charge in [-0.1, -0.05) is 6.07 Å². The largest absolute Gasteiger partial charge is 0.261 e. The highest BCUT2D eigenvalue weighted by atomic mass is 19.3. The van der Waals surface area contributed by atoms with Crippen molar-refractivity contribution >= 4 is 0 Å². The second-order valence-electron chi connectivity index (χ2n) is 3.90. The number of aromatic nitrogens is 1. The third-order valence-electron chi connectivity index (χ3n) is 2.75. The minimum atomic E-state index is -2.49. The number of nitrogens with zero attached hydrogens (tertiary/aromatic N) is 1. The minimum absolute atomic E-state index is 0.0377. The third-order valence-corrected chi connectivity index (χ3v) is 2.75. The van der Waals surface area contributed by atoms with E-state index in [0.717, 1.165) is 12.1 Å². The molecule has 0 amide bonds. The molecule has 1 aliphatic carbocycles. The molecule has 1 saturated carbocycles. The maximum absolute atomic E-state index is 13.1. The number of hydrogen-bond acceptors (Lipinski definition) is 1. The van der Waals surface area contributed by atoms with E-state index in [1.807, 2.05) is 18.2 Å². The van der Waals surface area contributed by atoms with Crippen LogP contribution in [0.5, 0.6) is 0 Å². The topological polar surface area (TPSA) is 12.9 Å². The Morgan fingerprint density at radius 3 is 2.86 bits per heavy atom. The van der Waals surface area contributed by atoms with E-state index in [0.29, 0.717) is 6.42 Å². The highest BCUT2D eigenvalue weighted by Gasteiger charge is 2.37. The molecule has 1 unspecified atom stereocenters. The molecule has 1 fully saturated rings. The van der Waals surface area contributed by atoms with E-state index in [4.69, 9.17) is 0 Å². The van der Waals surface area contributed by atoms with Crippen molar-refractivity contribution in [3.8, 4) is 0 Å². The molecule has 1 aliphatic rings. The maximum atomic E-state index is 13.1. The van der Waals surface area contributed by atoms with Crippen LogP contribution < -0.4 is 0 Å². The monoisotopic (exact) mass is 197 g/mol. The fourth-order valence-corrected chi connectivity index (χ4v) is 2.04. The quantitative estimate of drug-likeness (QED) is 0.672. The first-order valence-electron chi connectivity index (χ1n) is 4.96. The molecule has 1 heterocycles. The van der Waals surface area contributed by atoms with Crippen molar-refractivity contribution < 1.29 is 8.78 Å². The summed E-state index contributed by atoms with van der Waals surface area (Å²) in [4.78, 5) is 4.13. The second kappa shape index (κ2) is 3.64. The Kier molecular flexibility index (Phi) is 2.48. The Balaban J connectivity index is 2.12. The number of halogens is 2. The van der Waals surface area contributed by atoms with Crippen LogP contribution in [0.4, 0.5) is 8.78 Å². The second-order valence-corrected chi connectivity index (χ2v) is 3.90. The third kappa shape index (κ3) is 2.08. The molecule has 1 aromatic heterocycles. The van der Waals surface area contributed by atoms with Gasteiger partial charge in [-0.05, 0) is 25.0 Å². The average molecular weight is 197 g/mol. The predicted molar refractivity (Wildman–Crippen MR) is 50.4 cm³/mol. The molecule has 0 spiro atoms. The van der Waals surface area contributed by atoms with Gasteiger partial charge in [0.1, 0.15) is 0 Å². The Labute approximate surface area is 82.2 Å². The molecule has 1 nitrogen and oxygen atoms in total. The number of pyridine rings is 1. The summed E-state index contributed by atoms with van der Waals surface area (Å²) in [5.41, 5.74) is 0.812. The first-order valence-corrected chi connectivity index (χ1v) is 4.96. The van der Waals surface area contributed by atoms with Gasteiger partial charge in [0.2, 0.25) is 5.92 Å². The van der Waals surface area contributed by atoms with Crippen molar-refractivity contribution in [3.63, 3.8) is 0 Å². The first kappa shape index (κ1) is 9.56. The number of hydrogen-bond donors (Lipinski definition) is 0. The molecule has 0 saturated heterocycles. The summed E-state index contributed by atoms with van der Waals surface area (Å²) in [5.74, 6) is -2.54. The molecule has 2 rings (SSSR count). The molecule has 0 aliphatic heterocycles. The summed E-state index contributed by atoms with van der Waals surface area (Å²) >= 11 is 0. The van der Waals surface area contributed by atoms with E-state index < -0.39 is 5.92 Å². The number of alkyl halides is 2. The van der Waals surface area contributed by atoms with Gasteiger partial charge >= 0.3 is 0 Å². The molecular weight excluding hydrogens is 184 g/mol. The maximum Gasteiger partial charge on any atom is 0.248 e. The molecule has 1 aromatic rings. The van der Waals surface area contributed by atoms with Crippen LogP contribution >= 0.6 is 0 Å². The molecule has 1 atom stereocenters. The lowest BCUT2D eigenvalue weighted by atomic mass is 9.84. The van der Waals surface area contributed by atoms with Gasteiger partial charge in [-0.3, -0.25) is 4.98 Å². The van der Waals surface area contributed by atoms with Crippen molar-refractivity contribution in [2.45, 2.75) is 37.5 Å². The Hall–Kier alpha value is -0.990. The highest BCUT2D eigenvalue weighted by molar-refractivity contribution is 5.11. The Bertz CT molecular complexity index is 297. The smallest absolute Gasteiger partial charge is 0.248 e. The van der Waals surface area contributed by atoms with Crippen LogP contribution in [0.25, 0.3) is 0 Å². The SMILES string of the molecule is FC1(F)CCCC(c2ccccn2)C1. The summed E-state index contributed by atoms with van der Waals surface area (Å²) in [6.45, 7) is 0. The molecule has 76 valence electrons. The zero-order valence-corrected chi connectivity index (χ0v) is 7.92. The van der Waals surface area contributed by atoms with Crippen LogP contribution in [0.15, 0.2) is 24.4 Å². The summed E-state index contributed by atoms with van der Waals surface area (Å²) in [6.07, 6.45) is 3.11. The van der Waals surface area contributed by atoms with Gasteiger partial charge in [-0.25, -0.2) is 8.78 Å². The van der Waals surface area contributed by atoms with Crippen LogP contribution in [-0.4, -0.2) is 10.9 Å². The van der Waals surface area contributed by atoms with Crippen molar-refractivity contribution in [1.82, 2.24) is 4.98 Å². The van der Waals surface area contributed by atoms with Crippen molar-refractivity contribution in [1.29, 1.82) is 0 Å². The standard InChI is InChI=1S/C11H13F2N/c12-11(13)6-3-4-9(8-11)10-5-1-2-7-14-10/h1-2,5,7,9H,3-4,6,8H2. The Morgan fingerprint density at radius 1 is 1.36 bits per heavy atom. The predicted octanol–water partition coefficient (Wildman–Crippen LogP) is 3.37. The molecular formula is C11H13F2N. The molecule has 0 bridgehead atoms. The zero-order valence-electron chi connectivity index (χ0n) is 7.92. The van der Waals surface area contributed by atoms with Crippen molar-refractivity contribution in [2.75, 3.05) is 0 Å². The fraction of sp³-hybridized carbons (Fsp3) is 0.545. The van der Waals surface area contributed by atoms with Gasteiger partial charge in [-0.2, -0.15) is 0 Å².